The molecule has 24 heavy (non-hydrogen) atoms. The van der Waals surface area contributed by atoms with E-state index in [2.05, 4.69) is 19.8 Å². The monoisotopic (exact) mass is 368 g/mol. The SMILES string of the molecule is Cc1cc(Cl)c(S(=O)(=O)Nc2nc3ncccn3n2)cc1[N+](=O)[O-]. The molecule has 3 aromatic rings. The third-order valence-corrected chi connectivity index (χ3v) is 4.87. The van der Waals surface area contributed by atoms with Crippen LogP contribution in [-0.4, -0.2) is 32.9 Å². The fourth-order valence-corrected chi connectivity index (χ4v) is 3.54. The highest BCUT2D eigenvalue weighted by Gasteiger charge is 2.25. The number of fused-ring (bicyclic) bond motifs is 1. The summed E-state index contributed by atoms with van der Waals surface area (Å²) in [4.78, 5) is 17.7. The number of hydrogen-bond acceptors (Lipinski definition) is 7. The number of aryl methyl sites for hydroxylation is 1. The molecule has 1 aromatic carbocycles. The van der Waals surface area contributed by atoms with Gasteiger partial charge in [0, 0.05) is 24.0 Å². The minimum Gasteiger partial charge on any atom is -0.258 e. The average molecular weight is 369 g/mol. The number of halogens is 1. The van der Waals surface area contributed by atoms with Crippen LogP contribution in [0.2, 0.25) is 5.02 Å². The van der Waals surface area contributed by atoms with Gasteiger partial charge in [-0.2, -0.15) is 4.98 Å². The molecule has 0 unspecified atom stereocenters. The predicted molar refractivity (Wildman–Crippen MR) is 84.4 cm³/mol. The van der Waals surface area contributed by atoms with Crippen LogP contribution in [0.3, 0.4) is 0 Å². The minimum atomic E-state index is -4.22. The first kappa shape index (κ1) is 16.1. The van der Waals surface area contributed by atoms with Crippen molar-refractivity contribution in [2.24, 2.45) is 0 Å². The Morgan fingerprint density at radius 1 is 1.38 bits per heavy atom. The van der Waals surface area contributed by atoms with Crippen LogP contribution >= 0.6 is 11.6 Å². The van der Waals surface area contributed by atoms with Gasteiger partial charge in [0.2, 0.25) is 0 Å². The van der Waals surface area contributed by atoms with E-state index in [4.69, 9.17) is 11.6 Å². The molecule has 0 atom stereocenters. The molecule has 1 N–H and O–H groups in total. The van der Waals surface area contributed by atoms with Gasteiger partial charge in [-0.15, -0.1) is 5.10 Å². The van der Waals surface area contributed by atoms with Crippen molar-refractivity contribution in [1.29, 1.82) is 0 Å². The molecule has 0 aliphatic rings. The summed E-state index contributed by atoms with van der Waals surface area (Å²) in [5.74, 6) is -0.0378. The second-order valence-electron chi connectivity index (χ2n) is 4.73. The minimum absolute atomic E-state index is 0.146. The lowest BCUT2D eigenvalue weighted by molar-refractivity contribution is -0.385. The number of rotatable bonds is 4. The molecular formula is C12H9ClN6O4S. The van der Waals surface area contributed by atoms with Gasteiger partial charge >= 0.3 is 0 Å². The summed E-state index contributed by atoms with van der Waals surface area (Å²) < 4.78 is 28.3. The van der Waals surface area contributed by atoms with Crippen LogP contribution in [-0.2, 0) is 10.0 Å². The first-order valence-electron chi connectivity index (χ1n) is 6.43. The van der Waals surface area contributed by atoms with E-state index in [0.717, 1.165) is 6.07 Å². The maximum absolute atomic E-state index is 12.5. The van der Waals surface area contributed by atoms with Crippen LogP contribution in [0.4, 0.5) is 11.6 Å². The molecule has 0 amide bonds. The lowest BCUT2D eigenvalue weighted by Crippen LogP contribution is -2.15. The first-order valence-corrected chi connectivity index (χ1v) is 8.29. The Labute approximate surface area is 140 Å². The van der Waals surface area contributed by atoms with E-state index in [-0.39, 0.29) is 28.0 Å². The van der Waals surface area contributed by atoms with Crippen LogP contribution in [0.1, 0.15) is 5.56 Å². The van der Waals surface area contributed by atoms with Crippen LogP contribution in [0, 0.1) is 17.0 Å². The van der Waals surface area contributed by atoms with Crippen molar-refractivity contribution >= 4 is 39.0 Å². The number of hydrogen-bond donors (Lipinski definition) is 1. The zero-order valence-corrected chi connectivity index (χ0v) is 13.6. The summed E-state index contributed by atoms with van der Waals surface area (Å²) in [6.07, 6.45) is 3.01. The lowest BCUT2D eigenvalue weighted by Gasteiger charge is -2.07. The molecular weight excluding hydrogens is 360 g/mol. The number of nitrogens with one attached hydrogen (secondary N) is 1. The summed E-state index contributed by atoms with van der Waals surface area (Å²) in [7, 11) is -4.22. The Morgan fingerprint density at radius 3 is 2.79 bits per heavy atom. The second kappa shape index (κ2) is 5.69. The summed E-state index contributed by atoms with van der Waals surface area (Å²) >= 11 is 5.94. The van der Waals surface area contributed by atoms with Gasteiger partial charge in [0.15, 0.2) is 0 Å². The summed E-state index contributed by atoms with van der Waals surface area (Å²) in [6, 6.07) is 3.71. The number of benzene rings is 1. The first-order chi connectivity index (χ1) is 11.3. The molecule has 2 aromatic heterocycles. The van der Waals surface area contributed by atoms with Crippen LogP contribution in [0.15, 0.2) is 35.5 Å². The maximum Gasteiger partial charge on any atom is 0.273 e. The van der Waals surface area contributed by atoms with Crippen molar-refractivity contribution in [3.05, 3.63) is 51.3 Å². The second-order valence-corrected chi connectivity index (χ2v) is 6.79. The van der Waals surface area contributed by atoms with Gasteiger partial charge in [-0.1, -0.05) is 11.6 Å². The molecule has 0 aliphatic carbocycles. The maximum atomic E-state index is 12.5. The fraction of sp³-hybridized carbons (Fsp3) is 0.0833. The molecule has 0 bridgehead atoms. The van der Waals surface area contributed by atoms with Crippen LogP contribution in [0.25, 0.3) is 5.78 Å². The lowest BCUT2D eigenvalue weighted by atomic mass is 10.2. The highest BCUT2D eigenvalue weighted by Crippen LogP contribution is 2.30. The van der Waals surface area contributed by atoms with Crippen molar-refractivity contribution in [3.8, 4) is 0 Å². The Kier molecular flexibility index (Phi) is 3.81. The van der Waals surface area contributed by atoms with E-state index in [9.17, 15) is 18.5 Å². The Balaban J connectivity index is 2.04. The molecule has 0 spiro atoms. The molecule has 3 rings (SSSR count). The highest BCUT2D eigenvalue weighted by molar-refractivity contribution is 7.92. The molecule has 2 heterocycles. The molecule has 0 saturated heterocycles. The van der Waals surface area contributed by atoms with E-state index in [1.807, 2.05) is 0 Å². The number of aromatic nitrogens is 4. The van der Waals surface area contributed by atoms with E-state index in [1.165, 1.54) is 29.9 Å². The normalized spacial score (nSPS) is 11.6. The smallest absolute Gasteiger partial charge is 0.258 e. The number of anilines is 1. The topological polar surface area (TPSA) is 132 Å². The van der Waals surface area contributed by atoms with E-state index >= 15 is 0 Å². The van der Waals surface area contributed by atoms with Gasteiger partial charge in [-0.25, -0.2) is 22.6 Å². The van der Waals surface area contributed by atoms with Gasteiger partial charge in [-0.05, 0) is 19.1 Å². The van der Waals surface area contributed by atoms with Gasteiger partial charge in [0.1, 0.15) is 4.90 Å². The highest BCUT2D eigenvalue weighted by atomic mass is 35.5. The molecule has 0 fully saturated rings. The number of nitrogens with zero attached hydrogens (tertiary/aromatic N) is 5. The molecule has 0 saturated carbocycles. The summed E-state index contributed by atoms with van der Waals surface area (Å²) in [5, 5.41) is 14.8. The van der Waals surface area contributed by atoms with Gasteiger partial charge in [0.05, 0.1) is 9.95 Å². The number of nitro benzene ring substituents is 1. The largest absolute Gasteiger partial charge is 0.273 e. The third-order valence-electron chi connectivity index (χ3n) is 3.08. The summed E-state index contributed by atoms with van der Waals surface area (Å²) in [5.41, 5.74) is -0.108. The Hall–Kier alpha value is -2.79. The average Bonchev–Trinajstić information content (AvgIpc) is 2.87. The zero-order valence-electron chi connectivity index (χ0n) is 12.0. The number of sulfonamides is 1. The van der Waals surface area contributed by atoms with Crippen LogP contribution in [0.5, 0.6) is 0 Å². The molecule has 12 heteroatoms. The van der Waals surface area contributed by atoms with E-state index < -0.39 is 19.8 Å². The zero-order chi connectivity index (χ0) is 17.5. The Morgan fingerprint density at radius 2 is 2.12 bits per heavy atom. The van der Waals surface area contributed by atoms with Crippen molar-refractivity contribution in [1.82, 2.24) is 19.6 Å². The standard InChI is InChI=1S/C12H9ClN6O4S/c1-7-5-8(13)10(6-9(7)19(20)21)24(22,23)17-11-15-12-14-3-2-4-18(12)16-11/h2-6H,1H3,(H,16,17). The quantitative estimate of drug-likeness (QED) is 0.548. The van der Waals surface area contributed by atoms with E-state index in [1.54, 1.807) is 6.07 Å². The van der Waals surface area contributed by atoms with Crippen LogP contribution < -0.4 is 4.72 Å². The predicted octanol–water partition coefficient (Wildman–Crippen LogP) is 1.80. The fourth-order valence-electron chi connectivity index (χ4n) is 2.00. The van der Waals surface area contributed by atoms with Crippen molar-refractivity contribution in [2.75, 3.05) is 4.72 Å². The van der Waals surface area contributed by atoms with Gasteiger partial charge in [0.25, 0.3) is 27.4 Å². The third kappa shape index (κ3) is 2.86. The van der Waals surface area contributed by atoms with E-state index in [0.29, 0.717) is 0 Å². The summed E-state index contributed by atoms with van der Waals surface area (Å²) in [6.45, 7) is 1.46. The molecule has 124 valence electrons. The molecule has 0 aliphatic heterocycles. The van der Waals surface area contributed by atoms with Crippen molar-refractivity contribution in [3.63, 3.8) is 0 Å². The molecule has 10 nitrogen and oxygen atoms in total. The molecule has 0 radical (unpaired) electrons. The number of nitro groups is 1. The van der Waals surface area contributed by atoms with Gasteiger partial charge < -0.3 is 0 Å². The van der Waals surface area contributed by atoms with Crippen molar-refractivity contribution < 1.29 is 13.3 Å². The Bertz CT molecular complexity index is 1030. The van der Waals surface area contributed by atoms with Crippen molar-refractivity contribution in [2.45, 2.75) is 11.8 Å². The van der Waals surface area contributed by atoms with Gasteiger partial charge in [-0.3, -0.25) is 10.1 Å².